The van der Waals surface area contributed by atoms with Crippen molar-refractivity contribution in [1.29, 1.82) is 5.26 Å². The number of benzene rings is 2. The molecule has 3 rings (SSSR count). The van der Waals surface area contributed by atoms with Crippen LogP contribution in [-0.2, 0) is 4.79 Å². The number of nitrogens with one attached hydrogen (secondary N) is 1. The number of carboxylic acids is 1. The third-order valence-electron chi connectivity index (χ3n) is 5.01. The van der Waals surface area contributed by atoms with Crippen molar-refractivity contribution in [3.8, 4) is 17.6 Å². The fourth-order valence-corrected chi connectivity index (χ4v) is 3.46. The first-order valence-corrected chi connectivity index (χ1v) is 9.74. The van der Waals surface area contributed by atoms with Crippen LogP contribution in [0.3, 0.4) is 0 Å². The number of aromatic carboxylic acids is 1. The summed E-state index contributed by atoms with van der Waals surface area (Å²) in [6.45, 7) is 1.85. The van der Waals surface area contributed by atoms with E-state index in [1.165, 1.54) is 31.4 Å². The molecule has 0 unspecified atom stereocenters. The van der Waals surface area contributed by atoms with Gasteiger partial charge in [0.15, 0.2) is 0 Å². The second-order valence-corrected chi connectivity index (χ2v) is 6.97. The number of anilines is 2. The van der Waals surface area contributed by atoms with Crippen molar-refractivity contribution in [3.05, 3.63) is 53.1 Å². The zero-order valence-corrected chi connectivity index (χ0v) is 17.3. The molecule has 2 N–H and O–H groups in total. The summed E-state index contributed by atoms with van der Waals surface area (Å²) in [6, 6.07) is 11.3. The Balaban J connectivity index is 1.92. The van der Waals surface area contributed by atoms with E-state index < -0.39 is 11.9 Å². The molecule has 0 aromatic heterocycles. The summed E-state index contributed by atoms with van der Waals surface area (Å²) in [4.78, 5) is 26.0. The van der Waals surface area contributed by atoms with Gasteiger partial charge in [-0.1, -0.05) is 6.07 Å². The van der Waals surface area contributed by atoms with E-state index in [4.69, 9.17) is 14.6 Å². The van der Waals surface area contributed by atoms with Crippen molar-refractivity contribution in [3.63, 3.8) is 0 Å². The SMILES string of the molecule is COc1cc(N2CCCC2)c(OC)cc1C=C(C#N)C(=O)Nc1cccc(C(=O)O)c1. The van der Waals surface area contributed by atoms with Gasteiger partial charge in [0, 0.05) is 30.4 Å². The molecule has 2 aromatic rings. The first-order valence-electron chi connectivity index (χ1n) is 9.74. The Morgan fingerprint density at radius 2 is 1.84 bits per heavy atom. The number of hydrogen-bond acceptors (Lipinski definition) is 6. The Hall–Kier alpha value is -3.99. The number of amides is 1. The molecule has 1 aliphatic rings. The van der Waals surface area contributed by atoms with Gasteiger partial charge in [0.25, 0.3) is 5.91 Å². The summed E-state index contributed by atoms with van der Waals surface area (Å²) in [5.74, 6) is -0.631. The van der Waals surface area contributed by atoms with Crippen molar-refractivity contribution in [2.24, 2.45) is 0 Å². The molecule has 0 saturated carbocycles. The highest BCUT2D eigenvalue weighted by atomic mass is 16.5. The fourth-order valence-electron chi connectivity index (χ4n) is 3.46. The van der Waals surface area contributed by atoms with Crippen molar-refractivity contribution >= 4 is 29.3 Å². The molecule has 160 valence electrons. The lowest BCUT2D eigenvalue weighted by molar-refractivity contribution is -0.112. The maximum atomic E-state index is 12.6. The number of nitrogens with zero attached hydrogens (tertiary/aromatic N) is 2. The molecule has 1 heterocycles. The Kier molecular flexibility index (Phi) is 6.78. The smallest absolute Gasteiger partial charge is 0.335 e. The topological polar surface area (TPSA) is 112 Å². The molecular weight excluding hydrogens is 398 g/mol. The Morgan fingerprint density at radius 1 is 1.13 bits per heavy atom. The van der Waals surface area contributed by atoms with Crippen LogP contribution in [0.4, 0.5) is 11.4 Å². The molecule has 0 atom stereocenters. The lowest BCUT2D eigenvalue weighted by atomic mass is 10.1. The van der Waals surface area contributed by atoms with Gasteiger partial charge in [-0.2, -0.15) is 5.26 Å². The number of nitriles is 1. The second-order valence-electron chi connectivity index (χ2n) is 6.97. The van der Waals surface area contributed by atoms with Gasteiger partial charge in [0.2, 0.25) is 0 Å². The summed E-state index contributed by atoms with van der Waals surface area (Å²) >= 11 is 0. The van der Waals surface area contributed by atoms with Crippen molar-refractivity contribution < 1.29 is 24.2 Å². The van der Waals surface area contributed by atoms with Crippen LogP contribution >= 0.6 is 0 Å². The molecule has 1 amide bonds. The van der Waals surface area contributed by atoms with Gasteiger partial charge < -0.3 is 24.8 Å². The summed E-state index contributed by atoms with van der Waals surface area (Å²) in [5.41, 5.74) is 1.58. The first-order chi connectivity index (χ1) is 15.0. The average molecular weight is 421 g/mol. The molecule has 0 aliphatic carbocycles. The summed E-state index contributed by atoms with van der Waals surface area (Å²) in [6.07, 6.45) is 3.63. The zero-order valence-electron chi connectivity index (χ0n) is 17.3. The van der Waals surface area contributed by atoms with E-state index in [2.05, 4.69) is 10.2 Å². The van der Waals surface area contributed by atoms with Crippen LogP contribution in [-0.4, -0.2) is 44.3 Å². The predicted molar refractivity (Wildman–Crippen MR) is 117 cm³/mol. The maximum Gasteiger partial charge on any atom is 0.335 e. The minimum atomic E-state index is -1.11. The summed E-state index contributed by atoms with van der Waals surface area (Å²) in [7, 11) is 3.10. The van der Waals surface area contributed by atoms with Crippen molar-refractivity contribution in [2.45, 2.75) is 12.8 Å². The Morgan fingerprint density at radius 3 is 2.45 bits per heavy atom. The minimum Gasteiger partial charge on any atom is -0.496 e. The zero-order chi connectivity index (χ0) is 22.4. The minimum absolute atomic E-state index is 0.0317. The van der Waals surface area contributed by atoms with Gasteiger partial charge in [-0.15, -0.1) is 0 Å². The predicted octanol–water partition coefficient (Wildman–Crippen LogP) is 3.55. The molecule has 0 spiro atoms. The van der Waals surface area contributed by atoms with E-state index in [9.17, 15) is 14.9 Å². The number of carbonyl (C=O) groups excluding carboxylic acids is 1. The first kappa shape index (κ1) is 21.7. The van der Waals surface area contributed by atoms with Crippen LogP contribution in [0.15, 0.2) is 42.0 Å². The highest BCUT2D eigenvalue weighted by Crippen LogP contribution is 2.38. The van der Waals surface area contributed by atoms with Gasteiger partial charge in [0.1, 0.15) is 23.1 Å². The number of carboxylic acid groups (broad SMARTS) is 1. The number of methoxy groups -OCH3 is 2. The van der Waals surface area contributed by atoms with Gasteiger partial charge >= 0.3 is 5.97 Å². The molecular formula is C23H23N3O5. The molecule has 1 aliphatic heterocycles. The van der Waals surface area contributed by atoms with Crippen molar-refractivity contribution in [1.82, 2.24) is 0 Å². The molecule has 1 fully saturated rings. The summed E-state index contributed by atoms with van der Waals surface area (Å²) < 4.78 is 11.0. The normalized spacial score (nSPS) is 13.5. The lowest BCUT2D eigenvalue weighted by Gasteiger charge is -2.22. The number of hydrogen-bond donors (Lipinski definition) is 2. The quantitative estimate of drug-likeness (QED) is 0.519. The van der Waals surface area contributed by atoms with Crippen LogP contribution in [0.2, 0.25) is 0 Å². The van der Waals surface area contributed by atoms with Crippen LogP contribution in [0, 0.1) is 11.3 Å². The second kappa shape index (κ2) is 9.67. The lowest BCUT2D eigenvalue weighted by Crippen LogP contribution is -2.18. The van der Waals surface area contributed by atoms with E-state index >= 15 is 0 Å². The van der Waals surface area contributed by atoms with Gasteiger partial charge in [-0.3, -0.25) is 4.79 Å². The molecule has 0 radical (unpaired) electrons. The molecule has 31 heavy (non-hydrogen) atoms. The Labute approximate surface area is 180 Å². The Bertz CT molecular complexity index is 1070. The molecule has 1 saturated heterocycles. The van der Waals surface area contributed by atoms with E-state index in [0.717, 1.165) is 31.6 Å². The highest BCUT2D eigenvalue weighted by molar-refractivity contribution is 6.10. The third-order valence-corrected chi connectivity index (χ3v) is 5.01. The average Bonchev–Trinajstić information content (AvgIpc) is 3.31. The van der Waals surface area contributed by atoms with E-state index in [1.807, 2.05) is 12.1 Å². The van der Waals surface area contributed by atoms with Gasteiger partial charge in [0.05, 0.1) is 25.5 Å². The number of carbonyl (C=O) groups is 2. The monoisotopic (exact) mass is 421 g/mol. The van der Waals surface area contributed by atoms with E-state index in [1.54, 1.807) is 19.2 Å². The van der Waals surface area contributed by atoms with Crippen LogP contribution < -0.4 is 19.7 Å². The number of rotatable bonds is 7. The third kappa shape index (κ3) is 4.95. The molecule has 8 heteroatoms. The van der Waals surface area contributed by atoms with Crippen molar-refractivity contribution in [2.75, 3.05) is 37.5 Å². The summed E-state index contributed by atoms with van der Waals surface area (Å²) in [5, 5.41) is 21.2. The van der Waals surface area contributed by atoms with E-state index in [-0.39, 0.29) is 16.8 Å². The largest absolute Gasteiger partial charge is 0.496 e. The van der Waals surface area contributed by atoms with E-state index in [0.29, 0.717) is 17.1 Å². The molecule has 8 nitrogen and oxygen atoms in total. The standard InChI is InChI=1S/C23H23N3O5/c1-30-20-13-19(26-8-3-4-9-26)21(31-2)12-16(20)10-17(14-24)22(27)25-18-7-5-6-15(11-18)23(28)29/h5-7,10-13H,3-4,8-9H2,1-2H3,(H,25,27)(H,28,29). The number of ether oxygens (including phenoxy) is 2. The molecule has 0 bridgehead atoms. The fraction of sp³-hybridized carbons (Fsp3) is 0.261. The molecule has 2 aromatic carbocycles. The van der Waals surface area contributed by atoms with Crippen LogP contribution in [0.1, 0.15) is 28.8 Å². The van der Waals surface area contributed by atoms with Gasteiger partial charge in [-0.05, 0) is 43.2 Å². The van der Waals surface area contributed by atoms with Gasteiger partial charge in [-0.25, -0.2) is 4.79 Å². The van der Waals surface area contributed by atoms with Crippen LogP contribution in [0.5, 0.6) is 11.5 Å². The van der Waals surface area contributed by atoms with Crippen LogP contribution in [0.25, 0.3) is 6.08 Å². The highest BCUT2D eigenvalue weighted by Gasteiger charge is 2.20. The maximum absolute atomic E-state index is 12.6.